The molecule has 0 fully saturated rings. The van der Waals surface area contributed by atoms with Crippen LogP contribution in [0.25, 0.3) is 28.0 Å². The van der Waals surface area contributed by atoms with Gasteiger partial charge in [-0.05, 0) is 46.3 Å². The highest BCUT2D eigenvalue weighted by Gasteiger charge is 2.08. The van der Waals surface area contributed by atoms with Crippen molar-refractivity contribution in [3.63, 3.8) is 0 Å². The smallest absolute Gasteiger partial charge is 0.192 e. The van der Waals surface area contributed by atoms with Crippen molar-refractivity contribution in [2.24, 2.45) is 0 Å². The van der Waals surface area contributed by atoms with E-state index in [1.54, 1.807) is 10.7 Å². The van der Waals surface area contributed by atoms with Gasteiger partial charge in [-0.3, -0.25) is 0 Å². The van der Waals surface area contributed by atoms with E-state index in [1.807, 2.05) is 37.3 Å². The highest BCUT2D eigenvalue weighted by molar-refractivity contribution is 9.10. The molecule has 6 heteroatoms. The molecule has 0 atom stereocenters. The van der Waals surface area contributed by atoms with E-state index in [1.165, 1.54) is 0 Å². The van der Waals surface area contributed by atoms with Gasteiger partial charge in [-0.2, -0.15) is 5.10 Å². The first-order chi connectivity index (χ1) is 9.70. The number of halogens is 1. The molecule has 5 nitrogen and oxygen atoms in total. The third kappa shape index (κ3) is 1.72. The summed E-state index contributed by atoms with van der Waals surface area (Å²) >= 11 is 3.43. The quantitative estimate of drug-likeness (QED) is 0.535. The largest absolute Gasteiger partial charge is 0.441 e. The van der Waals surface area contributed by atoms with Crippen molar-refractivity contribution in [1.82, 2.24) is 19.6 Å². The van der Waals surface area contributed by atoms with Crippen molar-refractivity contribution in [3.05, 3.63) is 47.0 Å². The molecule has 0 spiro atoms. The van der Waals surface area contributed by atoms with E-state index in [4.69, 9.17) is 4.42 Å². The van der Waals surface area contributed by atoms with Crippen molar-refractivity contribution in [1.29, 1.82) is 0 Å². The first kappa shape index (κ1) is 11.6. The number of nitrogens with zero attached hydrogens (tertiary/aromatic N) is 4. The van der Waals surface area contributed by atoms with Crippen LogP contribution in [0.3, 0.4) is 0 Å². The second kappa shape index (κ2) is 4.14. The van der Waals surface area contributed by atoms with Crippen LogP contribution in [-0.4, -0.2) is 19.6 Å². The average molecular weight is 329 g/mol. The van der Waals surface area contributed by atoms with Crippen LogP contribution in [0.15, 0.2) is 45.5 Å². The molecule has 0 unspecified atom stereocenters. The lowest BCUT2D eigenvalue weighted by molar-refractivity contribution is 0.561. The van der Waals surface area contributed by atoms with Gasteiger partial charge in [0.15, 0.2) is 17.1 Å². The van der Waals surface area contributed by atoms with Crippen molar-refractivity contribution < 1.29 is 4.42 Å². The zero-order valence-corrected chi connectivity index (χ0v) is 12.1. The number of fused-ring (bicyclic) bond motifs is 2. The van der Waals surface area contributed by atoms with Gasteiger partial charge in [0.25, 0.3) is 0 Å². The fourth-order valence-corrected chi connectivity index (χ4v) is 2.56. The number of aromatic nitrogens is 4. The van der Waals surface area contributed by atoms with E-state index in [0.717, 1.165) is 32.6 Å². The molecule has 0 saturated heterocycles. The van der Waals surface area contributed by atoms with Crippen LogP contribution in [-0.2, 0) is 0 Å². The zero-order valence-electron chi connectivity index (χ0n) is 10.5. The van der Waals surface area contributed by atoms with Gasteiger partial charge in [0.05, 0.1) is 11.9 Å². The summed E-state index contributed by atoms with van der Waals surface area (Å²) in [4.78, 5) is 8.58. The molecule has 0 N–H and O–H groups in total. The van der Waals surface area contributed by atoms with E-state index in [-0.39, 0.29) is 0 Å². The summed E-state index contributed by atoms with van der Waals surface area (Å²) in [7, 11) is 0. The zero-order chi connectivity index (χ0) is 13.7. The molecule has 0 aliphatic carbocycles. The number of rotatable bonds is 1. The van der Waals surface area contributed by atoms with Gasteiger partial charge < -0.3 is 4.42 Å². The fourth-order valence-electron chi connectivity index (χ4n) is 2.20. The number of oxazole rings is 1. The maximum atomic E-state index is 5.48. The monoisotopic (exact) mass is 328 g/mol. The summed E-state index contributed by atoms with van der Waals surface area (Å²) in [6.07, 6.45) is 1.73. The van der Waals surface area contributed by atoms with Crippen molar-refractivity contribution >= 4 is 32.7 Å². The number of hydrogen-bond acceptors (Lipinski definition) is 4. The topological polar surface area (TPSA) is 56.2 Å². The molecule has 20 heavy (non-hydrogen) atoms. The molecule has 4 rings (SSSR count). The van der Waals surface area contributed by atoms with E-state index in [2.05, 4.69) is 31.0 Å². The second-order valence-electron chi connectivity index (χ2n) is 4.48. The summed E-state index contributed by atoms with van der Waals surface area (Å²) in [5.74, 6) is 0.665. The molecule has 1 aromatic carbocycles. The molecule has 0 radical (unpaired) electrons. The van der Waals surface area contributed by atoms with Gasteiger partial charge in [-0.15, -0.1) is 0 Å². The van der Waals surface area contributed by atoms with E-state index >= 15 is 0 Å². The molecule has 3 aromatic heterocycles. The number of hydrogen-bond donors (Lipinski definition) is 0. The Morgan fingerprint density at radius 2 is 2.10 bits per heavy atom. The Morgan fingerprint density at radius 1 is 1.20 bits per heavy atom. The Hall–Kier alpha value is -2.21. The summed E-state index contributed by atoms with van der Waals surface area (Å²) in [5, 5.41) is 4.57. The lowest BCUT2D eigenvalue weighted by Crippen LogP contribution is -1.94. The molecule has 3 heterocycles. The summed E-state index contributed by atoms with van der Waals surface area (Å²) in [5.41, 5.74) is 4.29. The van der Waals surface area contributed by atoms with Crippen LogP contribution in [0, 0.1) is 6.92 Å². The molecule has 98 valence electrons. The van der Waals surface area contributed by atoms with Gasteiger partial charge in [-0.1, -0.05) is 0 Å². The van der Waals surface area contributed by atoms with Crippen LogP contribution in [0.5, 0.6) is 0 Å². The van der Waals surface area contributed by atoms with Crippen LogP contribution in [0.1, 0.15) is 5.89 Å². The van der Waals surface area contributed by atoms with E-state index < -0.39 is 0 Å². The highest BCUT2D eigenvalue weighted by atomic mass is 79.9. The van der Waals surface area contributed by atoms with Crippen LogP contribution in [0.2, 0.25) is 0 Å². The highest BCUT2D eigenvalue weighted by Crippen LogP contribution is 2.24. The first-order valence-corrected chi connectivity index (χ1v) is 6.88. The van der Waals surface area contributed by atoms with E-state index in [0.29, 0.717) is 5.89 Å². The van der Waals surface area contributed by atoms with Gasteiger partial charge in [-0.25, -0.2) is 14.5 Å². The maximum Gasteiger partial charge on any atom is 0.192 e. The molecule has 0 amide bonds. The number of benzene rings is 1. The molecular formula is C14H9BrN4O. The average Bonchev–Trinajstić information content (AvgIpc) is 3.00. The Morgan fingerprint density at radius 3 is 3.00 bits per heavy atom. The molecule has 0 saturated carbocycles. The molecule has 0 aliphatic heterocycles. The van der Waals surface area contributed by atoms with Crippen LogP contribution >= 0.6 is 15.9 Å². The lowest BCUT2D eigenvalue weighted by atomic mass is 10.1. The SMILES string of the molecule is Cc1nc2cc(-c3ccc4ncc(Br)n4n3)ccc2o1. The predicted molar refractivity (Wildman–Crippen MR) is 78.4 cm³/mol. The number of imidazole rings is 1. The van der Waals surface area contributed by atoms with Gasteiger partial charge in [0, 0.05) is 12.5 Å². The lowest BCUT2D eigenvalue weighted by Gasteiger charge is -2.02. The molecule has 0 aliphatic rings. The Bertz CT molecular complexity index is 941. The van der Waals surface area contributed by atoms with Crippen molar-refractivity contribution in [2.75, 3.05) is 0 Å². The molecule has 4 aromatic rings. The first-order valence-electron chi connectivity index (χ1n) is 6.08. The van der Waals surface area contributed by atoms with Crippen molar-refractivity contribution in [2.45, 2.75) is 6.92 Å². The Balaban J connectivity index is 1.92. The van der Waals surface area contributed by atoms with Crippen LogP contribution in [0.4, 0.5) is 0 Å². The minimum absolute atomic E-state index is 0.665. The van der Waals surface area contributed by atoms with Gasteiger partial charge in [0.2, 0.25) is 0 Å². The summed E-state index contributed by atoms with van der Waals surface area (Å²) in [6.45, 7) is 1.84. The minimum Gasteiger partial charge on any atom is -0.441 e. The van der Waals surface area contributed by atoms with Gasteiger partial charge in [0.1, 0.15) is 10.1 Å². The third-order valence-electron chi connectivity index (χ3n) is 3.11. The maximum absolute atomic E-state index is 5.48. The van der Waals surface area contributed by atoms with E-state index in [9.17, 15) is 0 Å². The number of aryl methyl sites for hydroxylation is 1. The second-order valence-corrected chi connectivity index (χ2v) is 5.30. The van der Waals surface area contributed by atoms with Crippen LogP contribution < -0.4 is 0 Å². The third-order valence-corrected chi connectivity index (χ3v) is 3.65. The fraction of sp³-hybridized carbons (Fsp3) is 0.0714. The standard InChI is InChI=1S/C14H9BrN4O/c1-8-17-11-6-9(2-4-12(11)20-8)10-3-5-14-16-7-13(15)19(14)18-10/h2-7H,1H3. The van der Waals surface area contributed by atoms with Crippen molar-refractivity contribution in [3.8, 4) is 11.3 Å². The Kier molecular flexibility index (Phi) is 2.40. The Labute approximate surface area is 122 Å². The molecule has 0 bridgehead atoms. The minimum atomic E-state index is 0.665. The summed E-state index contributed by atoms with van der Waals surface area (Å²) in [6, 6.07) is 9.75. The molecular weight excluding hydrogens is 320 g/mol. The van der Waals surface area contributed by atoms with Gasteiger partial charge >= 0.3 is 0 Å². The normalized spacial score (nSPS) is 11.5. The predicted octanol–water partition coefficient (Wildman–Crippen LogP) is 3.61. The summed E-state index contributed by atoms with van der Waals surface area (Å²) < 4.78 is 8.07.